The molecule has 0 nitrogen and oxygen atoms in total. The largest absolute Gasteiger partial charge is 0.103 e. The Kier molecular flexibility index (Phi) is 5.13. The Morgan fingerprint density at radius 3 is 2.65 bits per heavy atom. The van der Waals surface area contributed by atoms with E-state index in [1.807, 2.05) is 0 Å². The first-order valence-electron chi connectivity index (χ1n) is 7.96. The molecular formula is C17H30. The van der Waals surface area contributed by atoms with E-state index in [2.05, 4.69) is 19.6 Å². The highest BCUT2D eigenvalue weighted by molar-refractivity contribution is 4.86. The van der Waals surface area contributed by atoms with E-state index in [4.69, 9.17) is 0 Å². The van der Waals surface area contributed by atoms with Crippen LogP contribution in [-0.4, -0.2) is 0 Å². The van der Waals surface area contributed by atoms with Gasteiger partial charge in [0.2, 0.25) is 0 Å². The lowest BCUT2D eigenvalue weighted by Crippen LogP contribution is -2.25. The van der Waals surface area contributed by atoms with Gasteiger partial charge in [-0.1, -0.05) is 51.5 Å². The van der Waals surface area contributed by atoms with Crippen LogP contribution in [0, 0.1) is 23.7 Å². The molecular weight excluding hydrogens is 204 g/mol. The van der Waals surface area contributed by atoms with E-state index < -0.39 is 0 Å². The first-order valence-corrected chi connectivity index (χ1v) is 7.96. The lowest BCUT2D eigenvalue weighted by atomic mass is 9.70. The topological polar surface area (TPSA) is 0 Å². The maximum Gasteiger partial charge on any atom is -0.0351 e. The zero-order valence-electron chi connectivity index (χ0n) is 11.7. The summed E-state index contributed by atoms with van der Waals surface area (Å²) in [7, 11) is 0. The van der Waals surface area contributed by atoms with Gasteiger partial charge in [0.05, 0.1) is 0 Å². The highest BCUT2D eigenvalue weighted by atomic mass is 14.4. The molecule has 0 radical (unpaired) electrons. The van der Waals surface area contributed by atoms with Crippen LogP contribution < -0.4 is 0 Å². The smallest absolute Gasteiger partial charge is 0.0351 e. The Hall–Kier alpha value is -0.260. The molecule has 0 spiro atoms. The summed E-state index contributed by atoms with van der Waals surface area (Å²) in [6, 6.07) is 0. The number of fused-ring (bicyclic) bond motifs is 2. The van der Waals surface area contributed by atoms with E-state index in [1.54, 1.807) is 6.42 Å². The Bertz CT molecular complexity index is 230. The van der Waals surface area contributed by atoms with Gasteiger partial charge in [0.15, 0.2) is 0 Å². The fourth-order valence-corrected chi connectivity index (χ4v) is 4.54. The number of allylic oxidation sites excluding steroid dienone is 1. The van der Waals surface area contributed by atoms with Crippen LogP contribution in [0.3, 0.4) is 0 Å². The zero-order chi connectivity index (χ0) is 12.1. The molecule has 0 amide bonds. The summed E-state index contributed by atoms with van der Waals surface area (Å²) in [5.74, 6) is 4.20. The van der Waals surface area contributed by atoms with E-state index in [9.17, 15) is 0 Å². The third-order valence-electron chi connectivity index (χ3n) is 5.45. The van der Waals surface area contributed by atoms with Gasteiger partial charge in [0.25, 0.3) is 0 Å². The molecule has 0 aromatic heterocycles. The average molecular weight is 234 g/mol. The Labute approximate surface area is 108 Å². The minimum Gasteiger partial charge on any atom is -0.103 e. The second-order valence-electron chi connectivity index (χ2n) is 6.42. The average Bonchev–Trinajstić information content (AvgIpc) is 2.50. The van der Waals surface area contributed by atoms with Gasteiger partial charge in [-0.15, -0.1) is 6.58 Å². The van der Waals surface area contributed by atoms with Gasteiger partial charge < -0.3 is 0 Å². The lowest BCUT2D eigenvalue weighted by Gasteiger charge is -2.35. The molecule has 0 aromatic rings. The van der Waals surface area contributed by atoms with Crippen LogP contribution in [0.15, 0.2) is 12.7 Å². The van der Waals surface area contributed by atoms with Crippen molar-refractivity contribution in [3.8, 4) is 0 Å². The van der Waals surface area contributed by atoms with Crippen molar-refractivity contribution in [2.75, 3.05) is 0 Å². The Balaban J connectivity index is 1.98. The first-order chi connectivity index (χ1) is 8.35. The van der Waals surface area contributed by atoms with Gasteiger partial charge in [-0.3, -0.25) is 0 Å². The molecule has 2 aliphatic rings. The molecule has 2 aliphatic carbocycles. The quantitative estimate of drug-likeness (QED) is 0.544. The predicted molar refractivity (Wildman–Crippen MR) is 76.0 cm³/mol. The Morgan fingerprint density at radius 2 is 1.94 bits per heavy atom. The third kappa shape index (κ3) is 3.36. The summed E-state index contributed by atoms with van der Waals surface area (Å²) in [6.45, 7) is 6.29. The summed E-state index contributed by atoms with van der Waals surface area (Å²) < 4.78 is 0. The van der Waals surface area contributed by atoms with Crippen LogP contribution in [0.4, 0.5) is 0 Å². The number of rotatable bonds is 5. The standard InChI is InChI=1S/C17H30/c1-3-5-10-15(4-2)17-12-7-9-14-8-6-11-16(17)13-14/h3,14-17H,1,4-13H2,2H3. The second kappa shape index (κ2) is 6.61. The highest BCUT2D eigenvalue weighted by Gasteiger charge is 2.34. The first kappa shape index (κ1) is 13.2. The maximum atomic E-state index is 3.89. The molecule has 0 aromatic carbocycles. The zero-order valence-corrected chi connectivity index (χ0v) is 11.7. The molecule has 17 heavy (non-hydrogen) atoms. The second-order valence-corrected chi connectivity index (χ2v) is 6.42. The van der Waals surface area contributed by atoms with Gasteiger partial charge in [0, 0.05) is 0 Å². The van der Waals surface area contributed by atoms with Crippen molar-refractivity contribution in [1.82, 2.24) is 0 Å². The van der Waals surface area contributed by atoms with Crippen LogP contribution in [0.25, 0.3) is 0 Å². The van der Waals surface area contributed by atoms with E-state index in [1.165, 1.54) is 57.8 Å². The fourth-order valence-electron chi connectivity index (χ4n) is 4.54. The molecule has 0 heteroatoms. The lowest BCUT2D eigenvalue weighted by molar-refractivity contribution is 0.151. The van der Waals surface area contributed by atoms with E-state index in [0.717, 1.165) is 23.7 Å². The van der Waals surface area contributed by atoms with Crippen molar-refractivity contribution in [3.63, 3.8) is 0 Å². The highest BCUT2D eigenvalue weighted by Crippen LogP contribution is 2.45. The molecule has 0 heterocycles. The predicted octanol–water partition coefficient (Wildman–Crippen LogP) is 5.59. The molecule has 0 aliphatic heterocycles. The SMILES string of the molecule is C=CCCC(CC)C1CCCC2CCCC1C2. The van der Waals surface area contributed by atoms with Crippen LogP contribution in [0.1, 0.15) is 71.1 Å². The van der Waals surface area contributed by atoms with Crippen molar-refractivity contribution in [1.29, 1.82) is 0 Å². The van der Waals surface area contributed by atoms with Crippen LogP contribution in [0.2, 0.25) is 0 Å². The van der Waals surface area contributed by atoms with Crippen LogP contribution in [-0.2, 0) is 0 Å². The molecule has 4 unspecified atom stereocenters. The maximum absolute atomic E-state index is 3.89. The fraction of sp³-hybridized carbons (Fsp3) is 0.882. The summed E-state index contributed by atoms with van der Waals surface area (Å²) in [6.07, 6.45) is 16.8. The van der Waals surface area contributed by atoms with E-state index in [-0.39, 0.29) is 0 Å². The monoisotopic (exact) mass is 234 g/mol. The third-order valence-corrected chi connectivity index (χ3v) is 5.45. The van der Waals surface area contributed by atoms with Crippen LogP contribution >= 0.6 is 0 Å². The molecule has 0 N–H and O–H groups in total. The summed E-state index contributed by atoms with van der Waals surface area (Å²) in [5.41, 5.74) is 0. The number of hydrogen-bond acceptors (Lipinski definition) is 0. The normalized spacial score (nSPS) is 35.0. The van der Waals surface area contributed by atoms with Crippen molar-refractivity contribution in [2.24, 2.45) is 23.7 Å². The van der Waals surface area contributed by atoms with Crippen molar-refractivity contribution < 1.29 is 0 Å². The van der Waals surface area contributed by atoms with Gasteiger partial charge in [-0.05, 0) is 49.4 Å². The molecule has 2 rings (SSSR count). The molecule has 0 saturated heterocycles. The summed E-state index contributed by atoms with van der Waals surface area (Å²) >= 11 is 0. The van der Waals surface area contributed by atoms with Gasteiger partial charge in [-0.25, -0.2) is 0 Å². The molecule has 2 fully saturated rings. The van der Waals surface area contributed by atoms with Crippen molar-refractivity contribution in [2.45, 2.75) is 71.1 Å². The van der Waals surface area contributed by atoms with E-state index >= 15 is 0 Å². The summed E-state index contributed by atoms with van der Waals surface area (Å²) in [5, 5.41) is 0. The van der Waals surface area contributed by atoms with Gasteiger partial charge in [0.1, 0.15) is 0 Å². The molecule has 4 atom stereocenters. The van der Waals surface area contributed by atoms with E-state index in [0.29, 0.717) is 0 Å². The summed E-state index contributed by atoms with van der Waals surface area (Å²) in [4.78, 5) is 0. The minimum atomic E-state index is 0.981. The van der Waals surface area contributed by atoms with Crippen molar-refractivity contribution >= 4 is 0 Å². The number of hydrogen-bond donors (Lipinski definition) is 0. The van der Waals surface area contributed by atoms with Crippen LogP contribution in [0.5, 0.6) is 0 Å². The van der Waals surface area contributed by atoms with Gasteiger partial charge in [-0.2, -0.15) is 0 Å². The molecule has 2 bridgehead atoms. The van der Waals surface area contributed by atoms with Crippen molar-refractivity contribution in [3.05, 3.63) is 12.7 Å². The minimum absolute atomic E-state index is 0.981. The molecule has 2 saturated carbocycles. The Morgan fingerprint density at radius 1 is 1.18 bits per heavy atom. The molecule has 98 valence electrons. The van der Waals surface area contributed by atoms with Gasteiger partial charge >= 0.3 is 0 Å².